The van der Waals surface area contributed by atoms with E-state index in [4.69, 9.17) is 5.11 Å². The van der Waals surface area contributed by atoms with Gasteiger partial charge in [-0.1, -0.05) is 19.9 Å². The summed E-state index contributed by atoms with van der Waals surface area (Å²) in [6.45, 7) is 5.46. The largest absolute Gasteiger partial charge is 0.393 e. The molecule has 0 aliphatic rings. The first-order chi connectivity index (χ1) is 4.31. The molecule has 9 heavy (non-hydrogen) atoms. The van der Waals surface area contributed by atoms with Crippen LogP contribution in [-0.4, -0.2) is 11.2 Å². The first-order valence-corrected chi connectivity index (χ1v) is 3.33. The van der Waals surface area contributed by atoms with Crippen molar-refractivity contribution < 1.29 is 5.11 Å². The Labute approximate surface area is 56.7 Å². The molecule has 52 valence electrons. The van der Waals surface area contributed by atoms with E-state index in [1.165, 1.54) is 0 Å². The fourth-order valence-corrected chi connectivity index (χ4v) is 0.670. The maximum atomic E-state index is 9.08. The van der Waals surface area contributed by atoms with Gasteiger partial charge in [-0.25, -0.2) is 0 Å². The van der Waals surface area contributed by atoms with Gasteiger partial charge in [-0.05, 0) is 18.9 Å². The Morgan fingerprint density at radius 1 is 1.78 bits per heavy atom. The van der Waals surface area contributed by atoms with E-state index in [9.17, 15) is 0 Å². The van der Waals surface area contributed by atoms with Crippen molar-refractivity contribution in [2.45, 2.75) is 32.3 Å². The third kappa shape index (κ3) is 5.35. The van der Waals surface area contributed by atoms with Crippen molar-refractivity contribution in [2.75, 3.05) is 0 Å². The van der Waals surface area contributed by atoms with E-state index in [2.05, 4.69) is 19.2 Å². The van der Waals surface area contributed by atoms with Crippen LogP contribution in [0.25, 0.3) is 0 Å². The van der Waals surface area contributed by atoms with E-state index < -0.39 is 0 Å². The molecule has 0 saturated carbocycles. The van der Waals surface area contributed by atoms with Gasteiger partial charge in [-0.2, -0.15) is 0 Å². The maximum absolute atomic E-state index is 9.08. The highest BCUT2D eigenvalue weighted by molar-refractivity contribution is 4.78. The summed E-state index contributed by atoms with van der Waals surface area (Å²) in [6, 6.07) is 0. The lowest BCUT2D eigenvalue weighted by Gasteiger charge is -2.02. The van der Waals surface area contributed by atoms with Crippen molar-refractivity contribution in [3.8, 4) is 0 Å². The second-order valence-corrected chi connectivity index (χ2v) is 2.09. The van der Waals surface area contributed by atoms with Crippen molar-refractivity contribution in [2.24, 2.45) is 0 Å². The third-order valence-corrected chi connectivity index (χ3v) is 1.16. The Morgan fingerprint density at radius 3 is 2.89 bits per heavy atom. The molecule has 1 atom stereocenters. The summed E-state index contributed by atoms with van der Waals surface area (Å²) in [6.07, 6.45) is 4.17. The van der Waals surface area contributed by atoms with Gasteiger partial charge in [-0.3, -0.25) is 0 Å². The first-order valence-electron chi connectivity index (χ1n) is 3.33. The summed E-state index contributed by atoms with van der Waals surface area (Å²) in [5.74, 6) is 0. The number of rotatable bonds is 4. The molecule has 1 nitrogen and oxygen atoms in total. The summed E-state index contributed by atoms with van der Waals surface area (Å²) in [5, 5.41) is 9.08. The van der Waals surface area contributed by atoms with Gasteiger partial charge in [0.25, 0.3) is 0 Å². The SMILES string of the molecule is C=C=CC[C@@H](O)CCC. The molecular weight excluding hydrogens is 112 g/mol. The van der Waals surface area contributed by atoms with E-state index >= 15 is 0 Å². The van der Waals surface area contributed by atoms with Gasteiger partial charge in [0.2, 0.25) is 0 Å². The molecule has 0 bridgehead atoms. The van der Waals surface area contributed by atoms with Crippen LogP contribution in [0.4, 0.5) is 0 Å². The predicted octanol–water partition coefficient (Wildman–Crippen LogP) is 1.88. The second kappa shape index (κ2) is 5.61. The summed E-state index contributed by atoms with van der Waals surface area (Å²) < 4.78 is 0. The second-order valence-electron chi connectivity index (χ2n) is 2.09. The van der Waals surface area contributed by atoms with Crippen molar-refractivity contribution in [1.82, 2.24) is 0 Å². The van der Waals surface area contributed by atoms with E-state index in [-0.39, 0.29) is 6.10 Å². The van der Waals surface area contributed by atoms with Gasteiger partial charge in [0.15, 0.2) is 0 Å². The van der Waals surface area contributed by atoms with Crippen molar-refractivity contribution in [1.29, 1.82) is 0 Å². The standard InChI is InChI=1S/C8H14O/c1-3-5-7-8(9)6-4-2/h5,8-9H,1,4,6-7H2,2H3/t8-/m0/s1. The molecule has 0 aliphatic heterocycles. The average Bonchev–Trinajstić information content (AvgIpc) is 1.85. The van der Waals surface area contributed by atoms with Gasteiger partial charge >= 0.3 is 0 Å². The van der Waals surface area contributed by atoms with Crippen LogP contribution in [-0.2, 0) is 0 Å². The van der Waals surface area contributed by atoms with Crippen LogP contribution >= 0.6 is 0 Å². The van der Waals surface area contributed by atoms with Gasteiger partial charge < -0.3 is 5.11 Å². The number of aliphatic hydroxyl groups is 1. The van der Waals surface area contributed by atoms with Crippen LogP contribution in [0.2, 0.25) is 0 Å². The first kappa shape index (κ1) is 8.48. The Kier molecular flexibility index (Phi) is 5.29. The quantitative estimate of drug-likeness (QED) is 0.570. The molecule has 0 radical (unpaired) electrons. The molecule has 1 N–H and O–H groups in total. The zero-order valence-corrected chi connectivity index (χ0v) is 5.93. The van der Waals surface area contributed by atoms with Crippen LogP contribution in [0.15, 0.2) is 18.4 Å². The lowest BCUT2D eigenvalue weighted by atomic mass is 10.1. The zero-order valence-electron chi connectivity index (χ0n) is 5.93. The van der Waals surface area contributed by atoms with E-state index in [1.807, 2.05) is 0 Å². The minimum absolute atomic E-state index is 0.191. The molecule has 0 saturated heterocycles. The minimum atomic E-state index is -0.191. The van der Waals surface area contributed by atoms with Crippen LogP contribution in [0.5, 0.6) is 0 Å². The fourth-order valence-electron chi connectivity index (χ4n) is 0.670. The predicted molar refractivity (Wildman–Crippen MR) is 39.2 cm³/mol. The molecule has 0 aromatic carbocycles. The third-order valence-electron chi connectivity index (χ3n) is 1.16. The lowest BCUT2D eigenvalue weighted by Crippen LogP contribution is -2.02. The van der Waals surface area contributed by atoms with Crippen molar-refractivity contribution in [3.63, 3.8) is 0 Å². The number of hydrogen-bond acceptors (Lipinski definition) is 1. The molecular formula is C8H14O. The van der Waals surface area contributed by atoms with Crippen molar-refractivity contribution in [3.05, 3.63) is 18.4 Å². The van der Waals surface area contributed by atoms with E-state index in [0.717, 1.165) is 12.8 Å². The van der Waals surface area contributed by atoms with Crippen LogP contribution in [0, 0.1) is 0 Å². The van der Waals surface area contributed by atoms with Gasteiger partial charge in [0.1, 0.15) is 0 Å². The summed E-state index contributed by atoms with van der Waals surface area (Å²) >= 11 is 0. The van der Waals surface area contributed by atoms with Gasteiger partial charge in [0, 0.05) is 0 Å². The van der Waals surface area contributed by atoms with E-state index in [1.54, 1.807) is 6.08 Å². The Hall–Kier alpha value is -0.520. The monoisotopic (exact) mass is 126 g/mol. The van der Waals surface area contributed by atoms with Crippen molar-refractivity contribution >= 4 is 0 Å². The molecule has 0 heterocycles. The fraction of sp³-hybridized carbons (Fsp3) is 0.625. The number of aliphatic hydroxyl groups excluding tert-OH is 1. The maximum Gasteiger partial charge on any atom is 0.0580 e. The molecule has 0 aromatic heterocycles. The highest BCUT2D eigenvalue weighted by Crippen LogP contribution is 2.00. The highest BCUT2D eigenvalue weighted by atomic mass is 16.3. The molecule has 0 aliphatic carbocycles. The highest BCUT2D eigenvalue weighted by Gasteiger charge is 1.96. The Morgan fingerprint density at radius 2 is 2.44 bits per heavy atom. The Balaban J connectivity index is 3.25. The number of hydrogen-bond donors (Lipinski definition) is 1. The molecule has 0 rings (SSSR count). The topological polar surface area (TPSA) is 20.2 Å². The van der Waals surface area contributed by atoms with Crippen LogP contribution in [0.3, 0.4) is 0 Å². The average molecular weight is 126 g/mol. The zero-order chi connectivity index (χ0) is 7.11. The summed E-state index contributed by atoms with van der Waals surface area (Å²) in [7, 11) is 0. The molecule has 1 heteroatoms. The molecule has 0 aromatic rings. The van der Waals surface area contributed by atoms with Gasteiger partial charge in [-0.15, -0.1) is 5.73 Å². The van der Waals surface area contributed by atoms with Crippen LogP contribution in [0.1, 0.15) is 26.2 Å². The summed E-state index contributed by atoms with van der Waals surface area (Å²) in [4.78, 5) is 0. The normalized spacial score (nSPS) is 12.2. The summed E-state index contributed by atoms with van der Waals surface area (Å²) in [5.41, 5.74) is 2.62. The smallest absolute Gasteiger partial charge is 0.0580 e. The Bertz CT molecular complexity index is 101. The van der Waals surface area contributed by atoms with Crippen LogP contribution < -0.4 is 0 Å². The minimum Gasteiger partial charge on any atom is -0.393 e. The lowest BCUT2D eigenvalue weighted by molar-refractivity contribution is 0.167. The molecule has 0 spiro atoms. The molecule has 0 amide bonds. The molecule has 0 fully saturated rings. The molecule has 0 unspecified atom stereocenters. The van der Waals surface area contributed by atoms with Gasteiger partial charge in [0.05, 0.1) is 6.10 Å². The van der Waals surface area contributed by atoms with E-state index in [0.29, 0.717) is 6.42 Å².